The highest BCUT2D eigenvalue weighted by atomic mass is 31.2. The van der Waals surface area contributed by atoms with Gasteiger partial charge in [0.2, 0.25) is 0 Å². The van der Waals surface area contributed by atoms with Crippen molar-refractivity contribution in [3.05, 3.63) is 48.6 Å². The third-order valence-electron chi connectivity index (χ3n) is 19.6. The maximum atomic E-state index is 12.9. The second-order valence-electron chi connectivity index (χ2n) is 30.6. The van der Waals surface area contributed by atoms with E-state index in [1.807, 2.05) is 21.1 Å². The molecule has 0 amide bonds. The van der Waals surface area contributed by atoms with E-state index in [1.54, 1.807) is 0 Å². The topological polar surface area (TPSA) is 108 Å². The molecule has 10 heteroatoms. The van der Waals surface area contributed by atoms with E-state index >= 15 is 0 Å². The summed E-state index contributed by atoms with van der Waals surface area (Å²) in [5, 5.41) is 0. The predicted octanol–water partition coefficient (Wildman–Crippen LogP) is 28.7. The zero-order valence-electron chi connectivity index (χ0n) is 65.6. The van der Waals surface area contributed by atoms with Gasteiger partial charge in [0.05, 0.1) is 27.7 Å². The minimum absolute atomic E-state index is 0.0354. The molecule has 97 heavy (non-hydrogen) atoms. The zero-order chi connectivity index (χ0) is 70.4. The number of unbranched alkanes of at least 4 members (excludes halogenated alkanes) is 59. The van der Waals surface area contributed by atoms with Gasteiger partial charge in [0.1, 0.15) is 19.8 Å². The van der Waals surface area contributed by atoms with Crippen LogP contribution in [-0.2, 0) is 32.7 Å². The molecule has 0 spiro atoms. The molecule has 0 aliphatic heterocycles. The summed E-state index contributed by atoms with van der Waals surface area (Å²) in [7, 11) is 1.50. The Bertz CT molecular complexity index is 1770. The molecule has 0 aliphatic carbocycles. The molecule has 0 aliphatic rings. The van der Waals surface area contributed by atoms with Crippen molar-refractivity contribution < 1.29 is 42.1 Å². The van der Waals surface area contributed by atoms with Crippen LogP contribution in [0.3, 0.4) is 0 Å². The summed E-state index contributed by atoms with van der Waals surface area (Å²) in [6.45, 7) is 4.41. The fourth-order valence-electron chi connectivity index (χ4n) is 13.1. The molecule has 2 unspecified atom stereocenters. The molecule has 0 rings (SSSR count). The number of carbonyl (C=O) groups excluding carboxylic acids is 2. The fraction of sp³-hybridized carbons (Fsp3) is 0.885. The Kier molecular flexibility index (Phi) is 76.5. The van der Waals surface area contributed by atoms with Crippen molar-refractivity contribution in [2.75, 3.05) is 47.5 Å². The first kappa shape index (κ1) is 95.0. The number of phosphoric acid groups is 1. The number of esters is 2. The standard InChI is InChI=1S/C87H166NO8P/c1-6-8-10-12-14-16-18-20-22-24-26-28-30-32-34-36-38-40-42-44-46-48-50-52-54-56-58-60-62-64-66-68-70-72-74-76-78-80-87(90)96-85(84-95-97(91,92)94-82-81-88(3,4)5)83-93-86(89)79-77-75-73-71-69-67-65-63-61-59-57-55-53-51-49-47-45-43-41-39-37-35-33-31-29-27-25-23-21-19-17-15-13-11-9-7-2/h8,10,14,16,20,22,26,28,85H,6-7,9,11-13,15,17-19,21,23-25,27,29-84H2,1-5H3/p+1/b10-8-,16-14-,22-20-,28-26-. The van der Waals surface area contributed by atoms with Gasteiger partial charge in [-0.05, 0) is 51.4 Å². The second kappa shape index (κ2) is 78.1. The van der Waals surface area contributed by atoms with Gasteiger partial charge >= 0.3 is 19.8 Å². The molecule has 0 aromatic rings. The molecule has 0 heterocycles. The van der Waals surface area contributed by atoms with Crippen LogP contribution in [0.4, 0.5) is 0 Å². The maximum absolute atomic E-state index is 12.9. The number of rotatable bonds is 81. The van der Waals surface area contributed by atoms with E-state index in [0.29, 0.717) is 23.9 Å². The Labute approximate surface area is 604 Å². The van der Waals surface area contributed by atoms with Crippen molar-refractivity contribution in [3.8, 4) is 0 Å². The molecule has 0 fully saturated rings. The minimum atomic E-state index is -4.39. The molecule has 0 bridgehead atoms. The van der Waals surface area contributed by atoms with Gasteiger partial charge < -0.3 is 18.9 Å². The highest BCUT2D eigenvalue weighted by Crippen LogP contribution is 2.43. The van der Waals surface area contributed by atoms with E-state index in [4.69, 9.17) is 18.5 Å². The van der Waals surface area contributed by atoms with Gasteiger partial charge in [-0.1, -0.05) is 428 Å². The van der Waals surface area contributed by atoms with Crippen molar-refractivity contribution in [2.45, 2.75) is 450 Å². The van der Waals surface area contributed by atoms with Crippen molar-refractivity contribution in [2.24, 2.45) is 0 Å². The molecule has 9 nitrogen and oxygen atoms in total. The van der Waals surface area contributed by atoms with Crippen molar-refractivity contribution >= 4 is 19.8 Å². The number of hydrogen-bond acceptors (Lipinski definition) is 7. The van der Waals surface area contributed by atoms with Gasteiger partial charge in [0, 0.05) is 12.8 Å². The lowest BCUT2D eigenvalue weighted by atomic mass is 10.0. The number of phosphoric ester groups is 1. The van der Waals surface area contributed by atoms with Gasteiger partial charge in [0.25, 0.3) is 0 Å². The van der Waals surface area contributed by atoms with E-state index in [2.05, 4.69) is 62.5 Å². The zero-order valence-corrected chi connectivity index (χ0v) is 66.5. The lowest BCUT2D eigenvalue weighted by Crippen LogP contribution is -2.37. The van der Waals surface area contributed by atoms with Gasteiger partial charge in [-0.15, -0.1) is 0 Å². The largest absolute Gasteiger partial charge is 0.472 e. The first-order chi connectivity index (χ1) is 47.5. The highest BCUT2D eigenvalue weighted by molar-refractivity contribution is 7.47. The van der Waals surface area contributed by atoms with Gasteiger partial charge in [0.15, 0.2) is 6.10 Å². The van der Waals surface area contributed by atoms with E-state index in [-0.39, 0.29) is 25.6 Å². The van der Waals surface area contributed by atoms with Crippen LogP contribution >= 0.6 is 7.82 Å². The summed E-state index contributed by atoms with van der Waals surface area (Å²) in [6.07, 6.45) is 104. The third kappa shape index (κ3) is 82.8. The number of hydrogen-bond donors (Lipinski definition) is 1. The first-order valence-electron chi connectivity index (χ1n) is 42.9. The molecular weight excluding hydrogens is 1220 g/mol. The molecule has 0 saturated carbocycles. The predicted molar refractivity (Wildman–Crippen MR) is 423 cm³/mol. The average Bonchev–Trinajstić information content (AvgIpc) is 1.41. The first-order valence-corrected chi connectivity index (χ1v) is 44.4. The number of ether oxygens (including phenoxy) is 2. The summed E-state index contributed by atoms with van der Waals surface area (Å²) in [5.74, 6) is -0.769. The van der Waals surface area contributed by atoms with Crippen molar-refractivity contribution in [3.63, 3.8) is 0 Å². The lowest BCUT2D eigenvalue weighted by molar-refractivity contribution is -0.870. The smallest absolute Gasteiger partial charge is 0.462 e. The van der Waals surface area contributed by atoms with E-state index < -0.39 is 26.5 Å². The number of carbonyl (C=O) groups is 2. The van der Waals surface area contributed by atoms with Gasteiger partial charge in [-0.3, -0.25) is 18.6 Å². The molecule has 0 saturated heterocycles. The monoisotopic (exact) mass is 1390 g/mol. The lowest BCUT2D eigenvalue weighted by Gasteiger charge is -2.24. The van der Waals surface area contributed by atoms with E-state index in [9.17, 15) is 19.0 Å². The summed E-state index contributed by atoms with van der Waals surface area (Å²) in [4.78, 5) is 36.0. The Morgan fingerprint density at radius 1 is 0.330 bits per heavy atom. The molecule has 0 aromatic carbocycles. The Hall–Kier alpha value is -2.03. The third-order valence-corrected chi connectivity index (χ3v) is 20.6. The van der Waals surface area contributed by atoms with Crippen LogP contribution in [-0.4, -0.2) is 74.9 Å². The molecule has 572 valence electrons. The number of likely N-dealkylation sites (N-methyl/N-ethyl adjacent to an activating group) is 1. The number of nitrogens with zero attached hydrogens (tertiary/aromatic N) is 1. The van der Waals surface area contributed by atoms with E-state index in [1.165, 1.54) is 353 Å². The molecule has 0 radical (unpaired) electrons. The average molecular weight is 1390 g/mol. The summed E-state index contributed by atoms with van der Waals surface area (Å²) in [6, 6.07) is 0. The number of quaternary nitrogens is 1. The van der Waals surface area contributed by atoms with Crippen LogP contribution in [0.25, 0.3) is 0 Å². The van der Waals surface area contributed by atoms with Crippen molar-refractivity contribution in [1.82, 2.24) is 0 Å². The molecule has 1 N–H and O–H groups in total. The van der Waals surface area contributed by atoms with Crippen LogP contribution in [0.5, 0.6) is 0 Å². The second-order valence-corrected chi connectivity index (χ2v) is 32.0. The van der Waals surface area contributed by atoms with Crippen LogP contribution in [0, 0.1) is 0 Å². The summed E-state index contributed by atoms with van der Waals surface area (Å²) in [5.41, 5.74) is 0. The molecule has 0 aromatic heterocycles. The van der Waals surface area contributed by atoms with Crippen molar-refractivity contribution in [1.29, 1.82) is 0 Å². The fourth-order valence-corrected chi connectivity index (χ4v) is 13.9. The Morgan fingerprint density at radius 2 is 0.588 bits per heavy atom. The van der Waals surface area contributed by atoms with Gasteiger partial charge in [-0.2, -0.15) is 0 Å². The summed E-state index contributed by atoms with van der Waals surface area (Å²) < 4.78 is 34.9. The van der Waals surface area contributed by atoms with Crippen LogP contribution in [0.1, 0.15) is 444 Å². The molecular formula is C87H167NO8P+. The van der Waals surface area contributed by atoms with Crippen LogP contribution in [0.15, 0.2) is 48.6 Å². The van der Waals surface area contributed by atoms with Crippen LogP contribution in [0.2, 0.25) is 0 Å². The Balaban J connectivity index is 3.86. The SMILES string of the molecule is CC/C=C\C/C=C\C/C=C\C/C=C\CCCCCCCCCCCCCCCCCCCCCCCCCCC(=O)OC(COC(=O)CCCCCCCCCCCCCCCCCCCCCCCCCCCCCCCCCCCCCC)COP(=O)(O)OCC[N+](C)(C)C. The number of allylic oxidation sites excluding steroid dienone is 8. The normalized spacial score (nSPS) is 13.2. The highest BCUT2D eigenvalue weighted by Gasteiger charge is 2.27. The van der Waals surface area contributed by atoms with Crippen LogP contribution < -0.4 is 0 Å². The quantitative estimate of drug-likeness (QED) is 0.0211. The Morgan fingerprint density at radius 3 is 0.876 bits per heavy atom. The minimum Gasteiger partial charge on any atom is -0.462 e. The van der Waals surface area contributed by atoms with Gasteiger partial charge in [-0.25, -0.2) is 4.57 Å². The molecule has 2 atom stereocenters. The van der Waals surface area contributed by atoms with E-state index in [0.717, 1.165) is 57.8 Å². The summed E-state index contributed by atoms with van der Waals surface area (Å²) >= 11 is 0. The maximum Gasteiger partial charge on any atom is 0.472 e.